The molecule has 1 aromatic rings. The number of ether oxygens (including phenoxy) is 2. The van der Waals surface area contributed by atoms with Gasteiger partial charge in [-0.3, -0.25) is 10.1 Å². The standard InChI is InChI=1S/C16H22FN3O4/c1-2-18-16(22)20-15(21)9-19-13-8-11(17)5-6-14(13)24-10-12-4-3-7-23-12/h5-6,8,12,19H,2-4,7,9-10H2,1H3,(H2,18,20,21,22)/t12-/m1/s1. The zero-order chi connectivity index (χ0) is 17.4. The molecule has 1 atom stereocenters. The number of hydrogen-bond acceptors (Lipinski definition) is 5. The van der Waals surface area contributed by atoms with Gasteiger partial charge in [-0.05, 0) is 31.9 Å². The largest absolute Gasteiger partial charge is 0.489 e. The Morgan fingerprint density at radius 1 is 1.42 bits per heavy atom. The highest BCUT2D eigenvalue weighted by Crippen LogP contribution is 2.26. The summed E-state index contributed by atoms with van der Waals surface area (Å²) in [6.07, 6.45) is 1.96. The van der Waals surface area contributed by atoms with Crippen LogP contribution in [0.4, 0.5) is 14.9 Å². The Kier molecular flexibility index (Phi) is 6.80. The maximum atomic E-state index is 13.4. The van der Waals surface area contributed by atoms with Crippen molar-refractivity contribution in [3.05, 3.63) is 24.0 Å². The van der Waals surface area contributed by atoms with Crippen LogP contribution in [0.1, 0.15) is 19.8 Å². The van der Waals surface area contributed by atoms with E-state index >= 15 is 0 Å². The van der Waals surface area contributed by atoms with E-state index in [9.17, 15) is 14.0 Å². The molecule has 1 fully saturated rings. The molecule has 1 aliphatic rings. The maximum Gasteiger partial charge on any atom is 0.321 e. The summed E-state index contributed by atoms with van der Waals surface area (Å²) in [6, 6.07) is 3.45. The number of urea groups is 1. The lowest BCUT2D eigenvalue weighted by molar-refractivity contribution is -0.118. The van der Waals surface area contributed by atoms with Crippen molar-refractivity contribution in [3.63, 3.8) is 0 Å². The molecule has 2 rings (SSSR count). The van der Waals surface area contributed by atoms with Gasteiger partial charge in [0, 0.05) is 19.2 Å². The van der Waals surface area contributed by atoms with Gasteiger partial charge < -0.3 is 20.1 Å². The van der Waals surface area contributed by atoms with Gasteiger partial charge in [0.25, 0.3) is 0 Å². The predicted molar refractivity (Wildman–Crippen MR) is 86.6 cm³/mol. The Hall–Kier alpha value is -2.35. The van der Waals surface area contributed by atoms with E-state index in [-0.39, 0.29) is 12.6 Å². The number of halogens is 1. The van der Waals surface area contributed by atoms with Gasteiger partial charge in [-0.15, -0.1) is 0 Å². The number of carbonyl (C=O) groups is 2. The first kappa shape index (κ1) is 18.0. The number of amides is 3. The third kappa shape index (κ3) is 5.69. The minimum absolute atomic E-state index is 0.0314. The zero-order valence-electron chi connectivity index (χ0n) is 13.6. The molecule has 3 amide bonds. The van der Waals surface area contributed by atoms with Gasteiger partial charge in [0.2, 0.25) is 5.91 Å². The third-order valence-corrected chi connectivity index (χ3v) is 3.42. The van der Waals surface area contributed by atoms with Crippen LogP contribution in [-0.4, -0.2) is 44.3 Å². The molecule has 0 bridgehead atoms. The smallest absolute Gasteiger partial charge is 0.321 e. The van der Waals surface area contributed by atoms with Crippen LogP contribution in [0.2, 0.25) is 0 Å². The molecule has 0 radical (unpaired) electrons. The van der Waals surface area contributed by atoms with E-state index in [0.29, 0.717) is 24.6 Å². The molecule has 1 saturated heterocycles. The molecule has 0 saturated carbocycles. The van der Waals surface area contributed by atoms with Crippen LogP contribution in [0.3, 0.4) is 0 Å². The highest BCUT2D eigenvalue weighted by Gasteiger charge is 2.17. The topological polar surface area (TPSA) is 88.7 Å². The van der Waals surface area contributed by atoms with Crippen molar-refractivity contribution in [2.45, 2.75) is 25.9 Å². The molecule has 1 heterocycles. The van der Waals surface area contributed by atoms with Crippen molar-refractivity contribution >= 4 is 17.6 Å². The molecule has 24 heavy (non-hydrogen) atoms. The van der Waals surface area contributed by atoms with E-state index in [4.69, 9.17) is 9.47 Å². The van der Waals surface area contributed by atoms with Crippen LogP contribution in [0, 0.1) is 5.82 Å². The minimum Gasteiger partial charge on any atom is -0.489 e. The van der Waals surface area contributed by atoms with Crippen molar-refractivity contribution in [2.75, 3.05) is 31.6 Å². The Morgan fingerprint density at radius 3 is 2.96 bits per heavy atom. The second-order valence-corrected chi connectivity index (χ2v) is 5.35. The van der Waals surface area contributed by atoms with Gasteiger partial charge in [0.1, 0.15) is 18.2 Å². The summed E-state index contributed by atoms with van der Waals surface area (Å²) in [5.41, 5.74) is 0.346. The van der Waals surface area contributed by atoms with Crippen LogP contribution < -0.4 is 20.7 Å². The van der Waals surface area contributed by atoms with Gasteiger partial charge in [-0.25, -0.2) is 9.18 Å². The number of imide groups is 1. The first-order valence-corrected chi connectivity index (χ1v) is 7.94. The van der Waals surface area contributed by atoms with Crippen molar-refractivity contribution in [1.82, 2.24) is 10.6 Å². The van der Waals surface area contributed by atoms with Gasteiger partial charge in [-0.1, -0.05) is 0 Å². The number of rotatable bonds is 7. The number of anilines is 1. The average molecular weight is 339 g/mol. The lowest BCUT2D eigenvalue weighted by atomic mass is 10.2. The molecule has 8 heteroatoms. The van der Waals surface area contributed by atoms with Crippen molar-refractivity contribution in [3.8, 4) is 5.75 Å². The molecule has 132 valence electrons. The molecule has 0 aromatic heterocycles. The van der Waals surface area contributed by atoms with E-state index in [1.54, 1.807) is 6.92 Å². The van der Waals surface area contributed by atoms with E-state index in [0.717, 1.165) is 19.4 Å². The summed E-state index contributed by atoms with van der Waals surface area (Å²) < 4.78 is 24.6. The molecular formula is C16H22FN3O4. The van der Waals surface area contributed by atoms with Gasteiger partial charge in [0.05, 0.1) is 18.3 Å². The SMILES string of the molecule is CCNC(=O)NC(=O)CNc1cc(F)ccc1OC[C@H]1CCCO1. The number of hydrogen-bond donors (Lipinski definition) is 3. The summed E-state index contributed by atoms with van der Waals surface area (Å²) in [6.45, 7) is 3.06. The fraction of sp³-hybridized carbons (Fsp3) is 0.500. The zero-order valence-corrected chi connectivity index (χ0v) is 13.6. The van der Waals surface area contributed by atoms with Gasteiger partial charge >= 0.3 is 6.03 Å². The second-order valence-electron chi connectivity index (χ2n) is 5.35. The maximum absolute atomic E-state index is 13.4. The normalized spacial score (nSPS) is 16.5. The van der Waals surface area contributed by atoms with E-state index < -0.39 is 17.8 Å². The molecule has 1 aromatic carbocycles. The first-order chi connectivity index (χ1) is 11.6. The molecule has 0 aliphatic carbocycles. The summed E-state index contributed by atoms with van der Waals surface area (Å²) in [5, 5.41) is 7.38. The third-order valence-electron chi connectivity index (χ3n) is 3.42. The van der Waals surface area contributed by atoms with Crippen molar-refractivity contribution < 1.29 is 23.5 Å². The number of carbonyl (C=O) groups excluding carboxylic acids is 2. The first-order valence-electron chi connectivity index (χ1n) is 7.94. The van der Waals surface area contributed by atoms with E-state index in [1.807, 2.05) is 0 Å². The summed E-state index contributed by atoms with van der Waals surface area (Å²) in [4.78, 5) is 22.9. The van der Waals surface area contributed by atoms with Crippen LogP contribution in [0.15, 0.2) is 18.2 Å². The lowest BCUT2D eigenvalue weighted by Crippen LogP contribution is -2.41. The van der Waals surface area contributed by atoms with Crippen LogP contribution in [0.5, 0.6) is 5.75 Å². The summed E-state index contributed by atoms with van der Waals surface area (Å²) in [5.74, 6) is -0.556. The minimum atomic E-state index is -0.571. The molecule has 1 aliphatic heterocycles. The fourth-order valence-electron chi connectivity index (χ4n) is 2.28. The molecule has 0 spiro atoms. The van der Waals surface area contributed by atoms with Crippen LogP contribution in [-0.2, 0) is 9.53 Å². The Labute approximate surface area is 139 Å². The van der Waals surface area contributed by atoms with Crippen LogP contribution >= 0.6 is 0 Å². The Morgan fingerprint density at radius 2 is 2.25 bits per heavy atom. The molecule has 0 unspecified atom stereocenters. The summed E-state index contributed by atoms with van der Waals surface area (Å²) >= 11 is 0. The monoisotopic (exact) mass is 339 g/mol. The average Bonchev–Trinajstić information content (AvgIpc) is 3.05. The number of benzene rings is 1. The van der Waals surface area contributed by atoms with Gasteiger partial charge in [-0.2, -0.15) is 0 Å². The highest BCUT2D eigenvalue weighted by molar-refractivity contribution is 5.96. The van der Waals surface area contributed by atoms with E-state index in [2.05, 4.69) is 16.0 Å². The Balaban J connectivity index is 1.89. The molecular weight excluding hydrogens is 317 g/mol. The lowest BCUT2D eigenvalue weighted by Gasteiger charge is -2.15. The number of nitrogens with one attached hydrogen (secondary N) is 3. The molecule has 7 nitrogen and oxygen atoms in total. The predicted octanol–water partition coefficient (Wildman–Crippen LogP) is 1.64. The highest BCUT2D eigenvalue weighted by atomic mass is 19.1. The van der Waals surface area contributed by atoms with Crippen molar-refractivity contribution in [2.24, 2.45) is 0 Å². The second kappa shape index (κ2) is 9.07. The van der Waals surface area contributed by atoms with Gasteiger partial charge in [0.15, 0.2) is 0 Å². The van der Waals surface area contributed by atoms with Crippen LogP contribution in [0.25, 0.3) is 0 Å². The fourth-order valence-corrected chi connectivity index (χ4v) is 2.28. The van der Waals surface area contributed by atoms with E-state index in [1.165, 1.54) is 18.2 Å². The van der Waals surface area contributed by atoms with Crippen molar-refractivity contribution in [1.29, 1.82) is 0 Å². The quantitative estimate of drug-likeness (QED) is 0.703. The Bertz CT molecular complexity index is 576. The summed E-state index contributed by atoms with van der Waals surface area (Å²) in [7, 11) is 0. The molecule has 3 N–H and O–H groups in total.